The predicted molar refractivity (Wildman–Crippen MR) is 27.1 cm³/mol. The Hall–Kier alpha value is -0.410. The van der Waals surface area contributed by atoms with Gasteiger partial charge in [-0.25, -0.2) is 5.11 Å². The molecule has 0 spiro atoms. The first-order valence-electron chi connectivity index (χ1n) is 2.40. The number of carbonyl (C=O) groups excluding carboxylic acids is 1. The highest BCUT2D eigenvalue weighted by Crippen LogP contribution is 1.80. The van der Waals surface area contributed by atoms with Crippen LogP contribution in [0.25, 0.3) is 0 Å². The third kappa shape index (κ3) is 3.77. The van der Waals surface area contributed by atoms with Gasteiger partial charge in [-0.2, -0.15) is 0 Å². The molecular formula is C5H9O3. The molecule has 3 nitrogen and oxygen atoms in total. The van der Waals surface area contributed by atoms with E-state index in [2.05, 4.69) is 4.74 Å². The van der Waals surface area contributed by atoms with Crippen LogP contribution in [0.1, 0.15) is 6.42 Å². The van der Waals surface area contributed by atoms with E-state index in [1.54, 1.807) is 0 Å². The lowest BCUT2D eigenvalue weighted by atomic mass is 10.3. The van der Waals surface area contributed by atoms with Crippen LogP contribution in [0.15, 0.2) is 0 Å². The van der Waals surface area contributed by atoms with Gasteiger partial charge < -0.3 is 4.74 Å². The van der Waals surface area contributed by atoms with Gasteiger partial charge >= 0.3 is 0 Å². The van der Waals surface area contributed by atoms with Crippen molar-refractivity contribution in [2.24, 2.45) is 0 Å². The quantitative estimate of drug-likeness (QED) is 0.521. The van der Waals surface area contributed by atoms with Crippen molar-refractivity contribution >= 4 is 5.78 Å². The standard InChI is InChI=1S/C5H9O3/c1-8-3-2-5(7)4-6/h2-4H2,1H3. The Balaban J connectivity index is 2.99. The molecule has 0 aliphatic rings. The molecule has 0 N–H and O–H groups in total. The highest BCUT2D eigenvalue weighted by atomic mass is 16.5. The largest absolute Gasteiger partial charge is 0.384 e. The molecule has 0 aliphatic heterocycles. The van der Waals surface area contributed by atoms with E-state index < -0.39 is 6.61 Å². The van der Waals surface area contributed by atoms with E-state index in [1.165, 1.54) is 7.11 Å². The zero-order valence-electron chi connectivity index (χ0n) is 4.85. The molecule has 0 fully saturated rings. The fourth-order valence-corrected chi connectivity index (χ4v) is 0.288. The maximum absolute atomic E-state index is 10.2. The van der Waals surface area contributed by atoms with Crippen molar-refractivity contribution in [1.82, 2.24) is 0 Å². The summed E-state index contributed by atoms with van der Waals surface area (Å²) in [7, 11) is 1.50. The zero-order chi connectivity index (χ0) is 6.41. The third-order valence-corrected chi connectivity index (χ3v) is 0.746. The third-order valence-electron chi connectivity index (χ3n) is 0.746. The van der Waals surface area contributed by atoms with Crippen molar-refractivity contribution in [1.29, 1.82) is 0 Å². The van der Waals surface area contributed by atoms with Gasteiger partial charge in [0.2, 0.25) is 0 Å². The van der Waals surface area contributed by atoms with Gasteiger partial charge in [-0.3, -0.25) is 4.79 Å². The molecule has 0 aromatic carbocycles. The molecule has 0 aromatic rings. The van der Waals surface area contributed by atoms with Crippen molar-refractivity contribution in [2.75, 3.05) is 20.3 Å². The Morgan fingerprint density at radius 1 is 1.62 bits per heavy atom. The molecule has 0 rings (SSSR count). The van der Waals surface area contributed by atoms with Crippen molar-refractivity contribution in [3.63, 3.8) is 0 Å². The van der Waals surface area contributed by atoms with Gasteiger partial charge in [-0.15, -0.1) is 0 Å². The number of Topliss-reactive ketones (excluding diaryl/α,β-unsaturated/α-hetero) is 1. The lowest BCUT2D eigenvalue weighted by Gasteiger charge is -1.91. The Labute approximate surface area is 48.3 Å². The van der Waals surface area contributed by atoms with E-state index >= 15 is 0 Å². The summed E-state index contributed by atoms with van der Waals surface area (Å²) in [5.41, 5.74) is 0. The van der Waals surface area contributed by atoms with E-state index in [-0.39, 0.29) is 12.2 Å². The first-order chi connectivity index (χ1) is 3.81. The minimum absolute atomic E-state index is 0.250. The zero-order valence-corrected chi connectivity index (χ0v) is 4.85. The fourth-order valence-electron chi connectivity index (χ4n) is 0.288. The minimum Gasteiger partial charge on any atom is -0.384 e. The Kier molecular flexibility index (Phi) is 4.50. The summed E-state index contributed by atoms with van der Waals surface area (Å²) in [6.07, 6.45) is 0.250. The first-order valence-corrected chi connectivity index (χ1v) is 2.40. The molecule has 47 valence electrons. The molecule has 0 saturated carbocycles. The molecule has 8 heavy (non-hydrogen) atoms. The molecule has 0 aliphatic carbocycles. The summed E-state index contributed by atoms with van der Waals surface area (Å²) < 4.78 is 4.55. The number of ketones is 1. The second-order valence-electron chi connectivity index (χ2n) is 1.43. The van der Waals surface area contributed by atoms with Gasteiger partial charge in [0.05, 0.1) is 6.61 Å². The maximum atomic E-state index is 10.2. The summed E-state index contributed by atoms with van der Waals surface area (Å²) in [5, 5.41) is 9.73. The Morgan fingerprint density at radius 3 is 2.62 bits per heavy atom. The lowest BCUT2D eigenvalue weighted by molar-refractivity contribution is -0.124. The Morgan fingerprint density at radius 2 is 2.25 bits per heavy atom. The van der Waals surface area contributed by atoms with Crippen LogP contribution >= 0.6 is 0 Å². The van der Waals surface area contributed by atoms with Gasteiger partial charge in [-0.05, 0) is 0 Å². The average molecular weight is 117 g/mol. The molecule has 0 unspecified atom stereocenters. The van der Waals surface area contributed by atoms with Crippen LogP contribution in [0.2, 0.25) is 0 Å². The Bertz CT molecular complexity index is 70.1. The number of rotatable bonds is 4. The van der Waals surface area contributed by atoms with Gasteiger partial charge in [-0.1, -0.05) is 0 Å². The average Bonchev–Trinajstić information content (AvgIpc) is 1.83. The van der Waals surface area contributed by atoms with E-state index in [4.69, 9.17) is 0 Å². The first kappa shape index (κ1) is 7.59. The molecule has 0 amide bonds. The highest BCUT2D eigenvalue weighted by Gasteiger charge is 1.96. The van der Waals surface area contributed by atoms with Gasteiger partial charge in [0.25, 0.3) is 0 Å². The molecular weight excluding hydrogens is 108 g/mol. The number of hydrogen-bond donors (Lipinski definition) is 0. The van der Waals surface area contributed by atoms with Crippen LogP contribution in [0.4, 0.5) is 0 Å². The van der Waals surface area contributed by atoms with Crippen molar-refractivity contribution in [2.45, 2.75) is 6.42 Å². The summed E-state index contributed by atoms with van der Waals surface area (Å²) in [6, 6.07) is 0. The van der Waals surface area contributed by atoms with Crippen LogP contribution in [0, 0.1) is 0 Å². The number of methoxy groups -OCH3 is 1. The lowest BCUT2D eigenvalue weighted by Crippen LogP contribution is -2.05. The molecule has 0 heterocycles. The number of carbonyl (C=O) groups is 1. The summed E-state index contributed by atoms with van der Waals surface area (Å²) in [4.78, 5) is 10.2. The topological polar surface area (TPSA) is 46.2 Å². The molecule has 3 heteroatoms. The second kappa shape index (κ2) is 4.74. The van der Waals surface area contributed by atoms with E-state index in [0.29, 0.717) is 6.61 Å². The van der Waals surface area contributed by atoms with Crippen molar-refractivity contribution in [3.8, 4) is 0 Å². The molecule has 0 saturated heterocycles. The second-order valence-corrected chi connectivity index (χ2v) is 1.43. The fraction of sp³-hybridized carbons (Fsp3) is 0.800. The number of ether oxygens (including phenoxy) is 1. The van der Waals surface area contributed by atoms with Crippen molar-refractivity contribution in [3.05, 3.63) is 0 Å². The SMILES string of the molecule is COCCC(=O)C[O]. The van der Waals surface area contributed by atoms with Gasteiger partial charge in [0, 0.05) is 13.5 Å². The summed E-state index contributed by atoms with van der Waals surface area (Å²) >= 11 is 0. The van der Waals surface area contributed by atoms with Crippen LogP contribution in [0.3, 0.4) is 0 Å². The van der Waals surface area contributed by atoms with Gasteiger partial charge in [0.1, 0.15) is 6.61 Å². The van der Waals surface area contributed by atoms with E-state index in [1.807, 2.05) is 0 Å². The van der Waals surface area contributed by atoms with Crippen LogP contribution in [-0.2, 0) is 14.6 Å². The monoisotopic (exact) mass is 117 g/mol. The summed E-state index contributed by atoms with van der Waals surface area (Å²) in [6.45, 7) is -0.259. The predicted octanol–water partition coefficient (Wildman–Crippen LogP) is 0.0225. The summed E-state index contributed by atoms with van der Waals surface area (Å²) in [5.74, 6) is -0.285. The molecule has 0 aromatic heterocycles. The van der Waals surface area contributed by atoms with Gasteiger partial charge in [0.15, 0.2) is 5.78 Å². The van der Waals surface area contributed by atoms with Crippen LogP contribution < -0.4 is 0 Å². The van der Waals surface area contributed by atoms with Crippen LogP contribution in [0.5, 0.6) is 0 Å². The maximum Gasteiger partial charge on any atom is 0.164 e. The smallest absolute Gasteiger partial charge is 0.164 e. The highest BCUT2D eigenvalue weighted by molar-refractivity contribution is 5.79. The van der Waals surface area contributed by atoms with Crippen molar-refractivity contribution < 1.29 is 14.6 Å². The molecule has 1 radical (unpaired) electrons. The van der Waals surface area contributed by atoms with E-state index in [0.717, 1.165) is 0 Å². The van der Waals surface area contributed by atoms with E-state index in [9.17, 15) is 9.90 Å². The minimum atomic E-state index is -0.622. The molecule has 0 atom stereocenters. The normalized spacial score (nSPS) is 9.25. The van der Waals surface area contributed by atoms with Crippen LogP contribution in [-0.4, -0.2) is 26.1 Å². The number of hydrogen-bond acceptors (Lipinski definition) is 2. The molecule has 0 bridgehead atoms.